The van der Waals surface area contributed by atoms with Crippen molar-refractivity contribution in [2.45, 2.75) is 77.4 Å². The van der Waals surface area contributed by atoms with E-state index in [4.69, 9.17) is 9.47 Å². The highest BCUT2D eigenvalue weighted by Crippen LogP contribution is 2.67. The molecule has 5 heteroatoms. The highest BCUT2D eigenvalue weighted by molar-refractivity contribution is 8.93. The Kier molecular flexibility index (Phi) is 18.1. The molecule has 0 aromatic heterocycles. The van der Waals surface area contributed by atoms with Gasteiger partial charge in [-0.3, -0.25) is 0 Å². The highest BCUT2D eigenvalue weighted by atomic mass is 79.9. The lowest BCUT2D eigenvalue weighted by molar-refractivity contribution is 0.186. The van der Waals surface area contributed by atoms with Gasteiger partial charge in [0.1, 0.15) is 81.7 Å². The molecule has 10 rings (SSSR count). The van der Waals surface area contributed by atoms with Gasteiger partial charge in [-0.15, -0.1) is 17.0 Å². The lowest BCUT2D eigenvalue weighted by atomic mass is 10.2. The summed E-state index contributed by atoms with van der Waals surface area (Å²) in [5, 5.41) is 11.5. The second-order valence-corrected chi connectivity index (χ2v) is 24.6. The van der Waals surface area contributed by atoms with Crippen molar-refractivity contribution < 1.29 is 9.47 Å². The van der Waals surface area contributed by atoms with Crippen molar-refractivity contribution in [3.63, 3.8) is 0 Å². The average molecular weight is 1010 g/mol. The van der Waals surface area contributed by atoms with E-state index in [9.17, 15) is 0 Å². The zero-order valence-electron chi connectivity index (χ0n) is 39.7. The second kappa shape index (κ2) is 25.2. The van der Waals surface area contributed by atoms with E-state index in [1.54, 1.807) is 0 Å². The summed E-state index contributed by atoms with van der Waals surface area (Å²) < 4.78 is 13.5. The van der Waals surface area contributed by atoms with E-state index in [0.717, 1.165) is 25.7 Å². The van der Waals surface area contributed by atoms with Crippen LogP contribution in [0, 0.1) is 0 Å². The van der Waals surface area contributed by atoms with Crippen molar-refractivity contribution in [2.24, 2.45) is 0 Å². The number of benzene rings is 8. The minimum absolute atomic E-state index is 0. The van der Waals surface area contributed by atoms with Crippen molar-refractivity contribution >= 4 is 63.3 Å². The molecule has 0 saturated carbocycles. The van der Waals surface area contributed by atoms with Crippen LogP contribution in [-0.4, -0.2) is 0 Å². The molecule has 0 heterocycles. The number of ether oxygens (including phenoxy) is 2. The Morgan fingerprint density at radius 2 is 0.478 bits per heavy atom. The van der Waals surface area contributed by atoms with E-state index in [2.05, 4.69) is 243 Å². The molecule has 0 unspecified atom stereocenters. The summed E-state index contributed by atoms with van der Waals surface area (Å²) in [7, 11) is -4.16. The third kappa shape index (κ3) is 11.5. The Labute approximate surface area is 423 Å². The van der Waals surface area contributed by atoms with E-state index in [1.807, 2.05) is 0 Å². The Hall–Kier alpha value is -5.82. The molecule has 8 aromatic rings. The zero-order valence-corrected chi connectivity index (χ0v) is 43.2. The van der Waals surface area contributed by atoms with Gasteiger partial charge in [0.05, 0.1) is 0 Å². The molecule has 0 fully saturated rings. The van der Waals surface area contributed by atoms with Gasteiger partial charge >= 0.3 is 0 Å². The fourth-order valence-corrected chi connectivity index (χ4v) is 19.8. The van der Waals surface area contributed by atoms with Crippen LogP contribution in [0.4, 0.5) is 0 Å². The number of hydrogen-bond acceptors (Lipinski definition) is 2. The van der Waals surface area contributed by atoms with Gasteiger partial charge in [0.15, 0.2) is 0 Å². The van der Waals surface area contributed by atoms with Crippen LogP contribution >= 0.6 is 31.5 Å². The monoisotopic (exact) mass is 1010 g/mol. The van der Waals surface area contributed by atoms with Crippen molar-refractivity contribution in [3.05, 3.63) is 276 Å². The maximum atomic E-state index is 6.74. The maximum absolute atomic E-state index is 6.74. The van der Waals surface area contributed by atoms with Crippen LogP contribution in [0.5, 0.6) is 0 Å². The largest absolute Gasteiger partial charge is 0.489 e. The lowest BCUT2D eigenvalue weighted by Gasteiger charge is -2.31. The van der Waals surface area contributed by atoms with Crippen LogP contribution in [0.25, 0.3) is 0 Å². The van der Waals surface area contributed by atoms with Crippen molar-refractivity contribution in [1.29, 1.82) is 0 Å². The highest BCUT2D eigenvalue weighted by Gasteiger charge is 2.52. The molecule has 0 bridgehead atoms. The first-order valence-electron chi connectivity index (χ1n) is 24.7. The smallest absolute Gasteiger partial charge is 0.143 e. The van der Waals surface area contributed by atoms with Crippen molar-refractivity contribution in [1.82, 2.24) is 0 Å². The van der Waals surface area contributed by atoms with Crippen molar-refractivity contribution in [3.8, 4) is 0 Å². The molecule has 0 N–H and O–H groups in total. The van der Waals surface area contributed by atoms with Crippen LogP contribution < -0.4 is 31.8 Å². The first-order valence-corrected chi connectivity index (χ1v) is 28.3. The predicted octanol–water partition coefficient (Wildman–Crippen LogP) is 15.3. The molecule has 348 valence electrons. The van der Waals surface area contributed by atoms with Crippen molar-refractivity contribution in [2.75, 3.05) is 0 Å². The third-order valence-corrected chi connectivity index (χ3v) is 22.5. The average Bonchev–Trinajstić information content (AvgIpc) is 3.82. The van der Waals surface area contributed by atoms with Gasteiger partial charge in [0.2, 0.25) is 0 Å². The molecule has 2 aliphatic carbocycles. The first-order chi connectivity index (χ1) is 33.8. The molecule has 0 radical (unpaired) electrons. The molecular weight excluding hydrogens is 943 g/mol. The lowest BCUT2D eigenvalue weighted by Crippen LogP contribution is -2.33. The van der Waals surface area contributed by atoms with E-state index in [-0.39, 0.29) is 17.0 Å². The summed E-state index contributed by atoms with van der Waals surface area (Å²) in [6.07, 6.45) is 11.5. The summed E-state index contributed by atoms with van der Waals surface area (Å²) in [4.78, 5) is 0. The molecule has 8 aromatic carbocycles. The van der Waals surface area contributed by atoms with Gasteiger partial charge in [-0.1, -0.05) is 183 Å². The second-order valence-electron chi connectivity index (χ2n) is 17.8. The van der Waals surface area contributed by atoms with E-state index in [0.29, 0.717) is 13.2 Å². The van der Waals surface area contributed by atoms with Crippen LogP contribution in [0.15, 0.2) is 265 Å². The molecule has 2 aliphatic rings. The molecular formula is C64H65BrO2P2+2. The molecule has 0 spiro atoms. The quantitative estimate of drug-likeness (QED) is 0.101. The summed E-state index contributed by atoms with van der Waals surface area (Å²) in [6.45, 7) is 1.25. The molecule has 0 atom stereocenters. The van der Waals surface area contributed by atoms with Gasteiger partial charge in [0, 0.05) is 25.7 Å². The minimum atomic E-state index is -2.08. The van der Waals surface area contributed by atoms with Gasteiger partial charge in [-0.25, -0.2) is 0 Å². The van der Waals surface area contributed by atoms with Crippen LogP contribution in [0.2, 0.25) is 0 Å². The van der Waals surface area contributed by atoms with Gasteiger partial charge in [0.25, 0.3) is 0 Å². The maximum Gasteiger partial charge on any atom is 0.143 e. The number of halogens is 1. The molecule has 0 saturated heterocycles. The number of rotatable bonds is 14. The minimum Gasteiger partial charge on any atom is -0.489 e. The molecule has 69 heavy (non-hydrogen) atoms. The summed E-state index contributed by atoms with van der Waals surface area (Å²) in [5.41, 5.74) is 2.45. The van der Waals surface area contributed by atoms with E-state index >= 15 is 0 Å². The fraction of sp³-hybridized carbons (Fsp3) is 0.188. The fourth-order valence-electron chi connectivity index (χ4n) is 10.3. The van der Waals surface area contributed by atoms with Gasteiger partial charge < -0.3 is 9.47 Å². The van der Waals surface area contributed by atoms with E-state index < -0.39 is 14.5 Å². The summed E-state index contributed by atoms with van der Waals surface area (Å²) >= 11 is 0. The predicted molar refractivity (Wildman–Crippen MR) is 303 cm³/mol. The van der Waals surface area contributed by atoms with Crippen LogP contribution in [0.1, 0.15) is 75.3 Å². The number of allylic oxidation sites excluding steroid dienone is 4. The van der Waals surface area contributed by atoms with Crippen LogP contribution in [0.3, 0.4) is 0 Å². The standard InChI is InChI=1S/2C32H32OP.BrH/c2*1-6-16-27(17-7-1)26-33-31-24-14-5-15-25-32(31)34(28-18-8-2-9-19-28,29-20-10-3-11-21-29)30-22-12-4-13-23-30;/h2*1-4,6-13,16-23H,5,14-15,24-26H2;1H/q2*+1;. The Morgan fingerprint density at radius 3 is 0.725 bits per heavy atom. The zero-order chi connectivity index (χ0) is 46.1. The summed E-state index contributed by atoms with van der Waals surface area (Å²) in [5.74, 6) is 2.43. The van der Waals surface area contributed by atoms with Crippen LogP contribution in [-0.2, 0) is 22.7 Å². The van der Waals surface area contributed by atoms with Gasteiger partial charge in [-0.2, -0.15) is 0 Å². The molecule has 0 aliphatic heterocycles. The molecule has 2 nitrogen and oxygen atoms in total. The topological polar surface area (TPSA) is 18.5 Å². The number of hydrogen-bond donors (Lipinski definition) is 0. The normalized spacial score (nSPS) is 14.3. The Morgan fingerprint density at radius 1 is 0.261 bits per heavy atom. The summed E-state index contributed by atoms with van der Waals surface area (Å²) in [6, 6.07) is 88.2. The first kappa shape index (κ1) is 49.6. The third-order valence-electron chi connectivity index (χ3n) is 13.5. The Bertz CT molecular complexity index is 2410. The SMILES string of the molecule is Br.c1ccc(COC2=C([P+](c3ccccc3)(c3ccccc3)c3ccccc3)CCCCC2)cc1.c1ccc(COC2=C([P+](c3ccccc3)(c3ccccc3)c3ccccc3)CCCCC2)cc1. The van der Waals surface area contributed by atoms with E-state index in [1.165, 1.54) is 104 Å². The molecule has 0 amide bonds. The Balaban J connectivity index is 0.000000183. The van der Waals surface area contributed by atoms with Gasteiger partial charge in [-0.05, 0) is 110 Å².